The van der Waals surface area contributed by atoms with Crippen molar-refractivity contribution in [2.24, 2.45) is 0 Å². The summed E-state index contributed by atoms with van der Waals surface area (Å²) >= 11 is 4.62. The zero-order chi connectivity index (χ0) is 12.3. The number of thiazole rings is 1. The molecule has 88 valence electrons. The molecular formula is C10H8BrN3O2S. The highest BCUT2D eigenvalue weighted by atomic mass is 79.9. The Morgan fingerprint density at radius 3 is 3.00 bits per heavy atom. The molecular weight excluding hydrogens is 306 g/mol. The van der Waals surface area contributed by atoms with E-state index in [1.165, 1.54) is 30.8 Å². The molecule has 2 rings (SSSR count). The number of nitrogens with one attached hydrogen (secondary N) is 1. The topological polar surface area (TPSA) is 64.1 Å². The van der Waals surface area contributed by atoms with Gasteiger partial charge in [-0.3, -0.25) is 15.1 Å². The van der Waals surface area contributed by atoms with E-state index in [0.29, 0.717) is 16.4 Å². The second-order valence-electron chi connectivity index (χ2n) is 3.00. The van der Waals surface area contributed by atoms with Gasteiger partial charge in [0.05, 0.1) is 28.9 Å². The fraction of sp³-hybridized carbons (Fsp3) is 0.100. The van der Waals surface area contributed by atoms with Gasteiger partial charge in [0.2, 0.25) is 0 Å². The first-order chi connectivity index (χ1) is 8.20. The summed E-state index contributed by atoms with van der Waals surface area (Å²) in [6.45, 7) is 0. The summed E-state index contributed by atoms with van der Waals surface area (Å²) in [6, 6.07) is 1.59. The van der Waals surface area contributed by atoms with Crippen molar-refractivity contribution in [3.05, 3.63) is 34.0 Å². The number of halogens is 1. The average molecular weight is 314 g/mol. The van der Waals surface area contributed by atoms with Crippen LogP contribution in [0.5, 0.6) is 5.75 Å². The maximum absolute atomic E-state index is 11.9. The van der Waals surface area contributed by atoms with E-state index in [0.717, 1.165) is 3.79 Å². The largest absolute Gasteiger partial charge is 0.494 e. The molecule has 17 heavy (non-hydrogen) atoms. The van der Waals surface area contributed by atoms with Crippen LogP contribution in [-0.4, -0.2) is 23.0 Å². The number of carbonyl (C=O) groups excluding carboxylic acids is 1. The third-order valence-electron chi connectivity index (χ3n) is 1.95. The number of hydrogen-bond acceptors (Lipinski definition) is 5. The summed E-state index contributed by atoms with van der Waals surface area (Å²) < 4.78 is 5.92. The summed E-state index contributed by atoms with van der Waals surface area (Å²) in [5.41, 5.74) is 0.425. The fourth-order valence-corrected chi connectivity index (χ4v) is 2.31. The van der Waals surface area contributed by atoms with Crippen LogP contribution in [0.1, 0.15) is 10.4 Å². The highest BCUT2D eigenvalue weighted by Crippen LogP contribution is 2.24. The van der Waals surface area contributed by atoms with Crippen molar-refractivity contribution in [2.75, 3.05) is 12.4 Å². The number of aromatic nitrogens is 2. The summed E-state index contributed by atoms with van der Waals surface area (Å²) in [5.74, 6) is 0.159. The molecule has 0 bridgehead atoms. The summed E-state index contributed by atoms with van der Waals surface area (Å²) in [4.78, 5) is 19.8. The Morgan fingerprint density at radius 1 is 1.53 bits per heavy atom. The smallest absolute Gasteiger partial charge is 0.261 e. The fourth-order valence-electron chi connectivity index (χ4n) is 1.21. The van der Waals surface area contributed by atoms with Crippen LogP contribution in [0.3, 0.4) is 0 Å². The van der Waals surface area contributed by atoms with Crippen molar-refractivity contribution >= 4 is 38.3 Å². The number of carbonyl (C=O) groups is 1. The molecule has 0 radical (unpaired) electrons. The molecule has 2 heterocycles. The number of amides is 1. The zero-order valence-corrected chi connectivity index (χ0v) is 11.2. The van der Waals surface area contributed by atoms with Gasteiger partial charge in [-0.1, -0.05) is 11.3 Å². The maximum Gasteiger partial charge on any atom is 0.261 e. The molecule has 2 aromatic rings. The molecule has 0 atom stereocenters. The van der Waals surface area contributed by atoms with Gasteiger partial charge in [0.25, 0.3) is 5.91 Å². The first kappa shape index (κ1) is 12.0. The van der Waals surface area contributed by atoms with Gasteiger partial charge in [-0.05, 0) is 22.0 Å². The van der Waals surface area contributed by atoms with E-state index >= 15 is 0 Å². The molecule has 1 amide bonds. The zero-order valence-electron chi connectivity index (χ0n) is 8.81. The average Bonchev–Trinajstić information content (AvgIpc) is 2.74. The molecule has 0 aliphatic carbocycles. The van der Waals surface area contributed by atoms with Crippen molar-refractivity contribution in [1.29, 1.82) is 0 Å². The minimum absolute atomic E-state index is 0.272. The Labute approximate surface area is 110 Å². The van der Waals surface area contributed by atoms with Gasteiger partial charge in [-0.25, -0.2) is 4.98 Å². The third-order valence-corrected chi connectivity index (χ3v) is 3.34. The second-order valence-corrected chi connectivity index (χ2v) is 5.41. The van der Waals surface area contributed by atoms with Crippen LogP contribution in [-0.2, 0) is 0 Å². The van der Waals surface area contributed by atoms with Gasteiger partial charge < -0.3 is 4.74 Å². The van der Waals surface area contributed by atoms with E-state index in [2.05, 4.69) is 31.2 Å². The number of hydrogen-bond donors (Lipinski definition) is 1. The maximum atomic E-state index is 11.9. The number of rotatable bonds is 3. The quantitative estimate of drug-likeness (QED) is 0.946. The number of methoxy groups -OCH3 is 1. The van der Waals surface area contributed by atoms with Crippen LogP contribution in [0.2, 0.25) is 0 Å². The summed E-state index contributed by atoms with van der Waals surface area (Å²) in [5, 5.41) is 3.21. The Hall–Kier alpha value is -1.47. The Morgan fingerprint density at radius 2 is 2.35 bits per heavy atom. The molecule has 2 aromatic heterocycles. The van der Waals surface area contributed by atoms with Crippen LogP contribution in [0.4, 0.5) is 5.13 Å². The lowest BCUT2D eigenvalue weighted by atomic mass is 10.2. The van der Waals surface area contributed by atoms with E-state index in [1.807, 2.05) is 0 Å². The molecule has 0 spiro atoms. The van der Waals surface area contributed by atoms with E-state index < -0.39 is 0 Å². The van der Waals surface area contributed by atoms with E-state index in [9.17, 15) is 4.79 Å². The predicted octanol–water partition coefficient (Wildman–Crippen LogP) is 2.56. The van der Waals surface area contributed by atoms with E-state index in [1.54, 1.807) is 12.3 Å². The van der Waals surface area contributed by atoms with Gasteiger partial charge in [0, 0.05) is 6.20 Å². The van der Waals surface area contributed by atoms with Gasteiger partial charge in [-0.15, -0.1) is 0 Å². The molecule has 0 aliphatic rings. The molecule has 0 unspecified atom stereocenters. The first-order valence-electron chi connectivity index (χ1n) is 4.61. The number of pyridine rings is 1. The van der Waals surface area contributed by atoms with Gasteiger partial charge in [0.15, 0.2) is 5.13 Å². The highest BCUT2D eigenvalue weighted by molar-refractivity contribution is 9.11. The normalized spacial score (nSPS) is 10.0. The predicted molar refractivity (Wildman–Crippen MR) is 68.6 cm³/mol. The molecule has 1 N–H and O–H groups in total. The SMILES string of the molecule is COc1cnccc1C(=O)Nc1ncc(Br)s1. The molecule has 0 saturated heterocycles. The Balaban J connectivity index is 2.20. The van der Waals surface area contributed by atoms with E-state index in [-0.39, 0.29) is 5.91 Å². The minimum atomic E-state index is -0.272. The third kappa shape index (κ3) is 2.80. The lowest BCUT2D eigenvalue weighted by Crippen LogP contribution is -2.13. The summed E-state index contributed by atoms with van der Waals surface area (Å²) in [6.07, 6.45) is 4.66. The van der Waals surface area contributed by atoms with Crippen LogP contribution >= 0.6 is 27.3 Å². The monoisotopic (exact) mass is 313 g/mol. The van der Waals surface area contributed by atoms with E-state index in [4.69, 9.17) is 4.74 Å². The minimum Gasteiger partial charge on any atom is -0.494 e. The van der Waals surface area contributed by atoms with Crippen molar-refractivity contribution in [1.82, 2.24) is 9.97 Å². The van der Waals surface area contributed by atoms with Crippen LogP contribution in [0.15, 0.2) is 28.4 Å². The molecule has 0 saturated carbocycles. The van der Waals surface area contributed by atoms with Crippen molar-refractivity contribution in [2.45, 2.75) is 0 Å². The lowest BCUT2D eigenvalue weighted by molar-refractivity contribution is 0.102. The van der Waals surface area contributed by atoms with Crippen molar-refractivity contribution in [3.8, 4) is 5.75 Å². The molecule has 7 heteroatoms. The number of nitrogens with zero attached hydrogens (tertiary/aromatic N) is 2. The molecule has 0 aromatic carbocycles. The standard InChI is InChI=1S/C10H8BrN3O2S/c1-16-7-4-12-3-2-6(7)9(15)14-10-13-5-8(11)17-10/h2-5H,1H3,(H,13,14,15). The lowest BCUT2D eigenvalue weighted by Gasteiger charge is -2.06. The Kier molecular flexibility index (Phi) is 3.70. The van der Waals surface area contributed by atoms with Crippen molar-refractivity contribution < 1.29 is 9.53 Å². The van der Waals surface area contributed by atoms with Gasteiger partial charge in [-0.2, -0.15) is 0 Å². The first-order valence-corrected chi connectivity index (χ1v) is 6.22. The number of anilines is 1. The molecule has 0 aliphatic heterocycles. The molecule has 5 nitrogen and oxygen atoms in total. The van der Waals surface area contributed by atoms with Crippen LogP contribution < -0.4 is 10.1 Å². The number of ether oxygens (including phenoxy) is 1. The van der Waals surface area contributed by atoms with Gasteiger partial charge in [0.1, 0.15) is 5.75 Å². The second kappa shape index (κ2) is 5.24. The summed E-state index contributed by atoms with van der Waals surface area (Å²) in [7, 11) is 1.49. The van der Waals surface area contributed by atoms with Crippen LogP contribution in [0, 0.1) is 0 Å². The van der Waals surface area contributed by atoms with Gasteiger partial charge >= 0.3 is 0 Å². The van der Waals surface area contributed by atoms with Crippen LogP contribution in [0.25, 0.3) is 0 Å². The van der Waals surface area contributed by atoms with Crippen molar-refractivity contribution in [3.63, 3.8) is 0 Å². The highest BCUT2D eigenvalue weighted by Gasteiger charge is 2.13. The Bertz CT molecular complexity index is 544. The molecule has 0 fully saturated rings.